The second kappa shape index (κ2) is 8.23. The molecule has 32 heavy (non-hydrogen) atoms. The largest absolute Gasteiger partial charge is 0.495 e. The molecule has 0 amide bonds. The van der Waals surface area contributed by atoms with Crippen molar-refractivity contribution in [3.05, 3.63) is 79.3 Å². The summed E-state index contributed by atoms with van der Waals surface area (Å²) in [5.41, 5.74) is -1.91. The molecule has 164 valence electrons. The lowest BCUT2D eigenvalue weighted by Gasteiger charge is -2.17. The van der Waals surface area contributed by atoms with Crippen LogP contribution >= 0.6 is 35.4 Å². The van der Waals surface area contributed by atoms with E-state index in [4.69, 9.17) is 40.2 Å². The molecule has 0 radical (unpaired) electrons. The van der Waals surface area contributed by atoms with Crippen LogP contribution in [0.1, 0.15) is 5.56 Å². The Labute approximate surface area is 194 Å². The topological polar surface area (TPSA) is 59.9 Å². The summed E-state index contributed by atoms with van der Waals surface area (Å²) in [6.07, 6.45) is -4.85. The van der Waals surface area contributed by atoms with E-state index in [1.54, 1.807) is 24.3 Å². The Morgan fingerprint density at radius 2 is 1.81 bits per heavy atom. The van der Waals surface area contributed by atoms with Crippen LogP contribution in [0, 0.1) is 4.77 Å². The number of halogens is 5. The van der Waals surface area contributed by atoms with Gasteiger partial charge in [0.25, 0.3) is 5.56 Å². The van der Waals surface area contributed by atoms with Gasteiger partial charge in [-0.1, -0.05) is 41.4 Å². The third-order valence-electron chi connectivity index (χ3n) is 4.71. The van der Waals surface area contributed by atoms with Crippen LogP contribution < -0.4 is 10.3 Å². The smallest absolute Gasteiger partial charge is 0.417 e. The summed E-state index contributed by atoms with van der Waals surface area (Å²) >= 11 is 17.3. The number of nitrogens with zero attached hydrogens (tertiary/aromatic N) is 2. The normalized spacial score (nSPS) is 11.7. The van der Waals surface area contributed by atoms with E-state index in [-0.39, 0.29) is 31.7 Å². The van der Waals surface area contributed by atoms with Crippen molar-refractivity contribution in [2.75, 3.05) is 7.11 Å². The zero-order chi connectivity index (χ0) is 23.2. The summed E-state index contributed by atoms with van der Waals surface area (Å²) in [6, 6.07) is 11.7. The molecule has 0 aliphatic rings. The maximum Gasteiger partial charge on any atom is 0.417 e. The molecule has 2 aromatic heterocycles. The minimum absolute atomic E-state index is 0.0629. The molecule has 11 heteroatoms. The van der Waals surface area contributed by atoms with Gasteiger partial charge in [-0.15, -0.1) is 0 Å². The summed E-state index contributed by atoms with van der Waals surface area (Å²) in [5.74, 6) is 0.326. The predicted octanol–water partition coefficient (Wildman–Crippen LogP) is 6.44. The van der Waals surface area contributed by atoms with Gasteiger partial charge < -0.3 is 4.74 Å². The zero-order valence-electron chi connectivity index (χ0n) is 16.1. The van der Waals surface area contributed by atoms with Crippen molar-refractivity contribution in [2.24, 2.45) is 0 Å². The van der Waals surface area contributed by atoms with Gasteiger partial charge in [0, 0.05) is 5.56 Å². The molecule has 0 atom stereocenters. The lowest BCUT2D eigenvalue weighted by molar-refractivity contribution is -0.136. The minimum atomic E-state index is -4.85. The first kappa shape index (κ1) is 22.3. The molecule has 0 aliphatic carbocycles. The number of aromatic nitrogens is 3. The molecule has 2 heterocycles. The highest BCUT2D eigenvalue weighted by atomic mass is 35.5. The van der Waals surface area contributed by atoms with Gasteiger partial charge in [0.05, 0.1) is 39.5 Å². The first-order chi connectivity index (χ1) is 15.1. The molecule has 5 nitrogen and oxygen atoms in total. The summed E-state index contributed by atoms with van der Waals surface area (Å²) in [7, 11) is 1.41. The molecule has 1 N–H and O–H groups in total. The molecule has 0 bridgehead atoms. The lowest BCUT2D eigenvalue weighted by atomic mass is 10.1. The van der Waals surface area contributed by atoms with Crippen LogP contribution in [0.3, 0.4) is 0 Å². The van der Waals surface area contributed by atoms with E-state index in [2.05, 4.69) is 9.97 Å². The van der Waals surface area contributed by atoms with E-state index in [9.17, 15) is 18.0 Å². The number of benzene rings is 2. The number of rotatable bonds is 3. The Balaban J connectivity index is 2.20. The van der Waals surface area contributed by atoms with Crippen molar-refractivity contribution < 1.29 is 17.9 Å². The highest BCUT2D eigenvalue weighted by Crippen LogP contribution is 2.37. The molecule has 4 rings (SSSR count). The minimum Gasteiger partial charge on any atom is -0.495 e. The first-order valence-corrected chi connectivity index (χ1v) is 10.1. The third-order valence-corrected chi connectivity index (χ3v) is 5.73. The average molecular weight is 498 g/mol. The number of aromatic amines is 1. The van der Waals surface area contributed by atoms with Gasteiger partial charge in [0.15, 0.2) is 10.4 Å². The van der Waals surface area contributed by atoms with E-state index in [0.717, 1.165) is 6.07 Å². The third kappa shape index (κ3) is 3.87. The quantitative estimate of drug-likeness (QED) is 0.330. The second-order valence-corrected chi connectivity index (χ2v) is 7.85. The zero-order valence-corrected chi connectivity index (χ0v) is 18.5. The maximum atomic E-state index is 14.0. The fourth-order valence-electron chi connectivity index (χ4n) is 3.29. The van der Waals surface area contributed by atoms with E-state index in [1.807, 2.05) is 0 Å². The summed E-state index contributed by atoms with van der Waals surface area (Å²) in [4.78, 5) is 19.3. The molecular formula is C21H12Cl2F3N3O2S. The van der Waals surface area contributed by atoms with Crippen LogP contribution in [-0.4, -0.2) is 21.6 Å². The van der Waals surface area contributed by atoms with Crippen molar-refractivity contribution in [3.8, 4) is 22.7 Å². The van der Waals surface area contributed by atoms with Crippen LogP contribution in [-0.2, 0) is 6.18 Å². The van der Waals surface area contributed by atoms with E-state index >= 15 is 0 Å². The summed E-state index contributed by atoms with van der Waals surface area (Å²) in [6.45, 7) is 0. The fourth-order valence-corrected chi connectivity index (χ4v) is 3.87. The molecule has 0 saturated heterocycles. The molecule has 2 aromatic carbocycles. The predicted molar refractivity (Wildman–Crippen MR) is 120 cm³/mol. The van der Waals surface area contributed by atoms with Crippen LogP contribution in [0.5, 0.6) is 5.75 Å². The number of nitrogens with one attached hydrogen (secondary N) is 1. The molecule has 0 fully saturated rings. The Hall–Kier alpha value is -2.88. The lowest BCUT2D eigenvalue weighted by Crippen LogP contribution is -2.20. The van der Waals surface area contributed by atoms with Crippen LogP contribution in [0.25, 0.3) is 28.0 Å². The molecule has 0 aliphatic heterocycles. The second-order valence-electron chi connectivity index (χ2n) is 6.65. The standard InChI is InChI=1S/C21H12Cl2F3N3O2S/c1-31-16-5-3-2-4-15(16)29-18-17(19(30)28-20(29)32)11(21(24,25)26)9-14(27-18)10-6-7-12(22)13(23)8-10/h2-9H,1H3,(H,28,30,32). The number of H-pyrrole nitrogens is 1. The van der Waals surface area contributed by atoms with Crippen molar-refractivity contribution >= 4 is 46.5 Å². The van der Waals surface area contributed by atoms with Crippen molar-refractivity contribution in [1.82, 2.24) is 14.5 Å². The Morgan fingerprint density at radius 1 is 1.09 bits per heavy atom. The van der Waals surface area contributed by atoms with Gasteiger partial charge in [0.1, 0.15) is 5.75 Å². The monoisotopic (exact) mass is 497 g/mol. The number of pyridine rings is 1. The highest BCUT2D eigenvalue weighted by molar-refractivity contribution is 7.71. The first-order valence-electron chi connectivity index (χ1n) is 8.98. The molecular weight excluding hydrogens is 486 g/mol. The molecule has 0 spiro atoms. The Bertz CT molecular complexity index is 1480. The highest BCUT2D eigenvalue weighted by Gasteiger charge is 2.36. The van der Waals surface area contributed by atoms with Crippen LogP contribution in [0.15, 0.2) is 53.3 Å². The van der Waals surface area contributed by atoms with Crippen molar-refractivity contribution in [2.45, 2.75) is 6.18 Å². The van der Waals surface area contributed by atoms with Gasteiger partial charge in [-0.2, -0.15) is 13.2 Å². The van der Waals surface area contributed by atoms with Crippen molar-refractivity contribution in [1.29, 1.82) is 0 Å². The van der Waals surface area contributed by atoms with E-state index in [1.165, 1.54) is 29.9 Å². The number of ether oxygens (including phenoxy) is 1. The number of methoxy groups -OCH3 is 1. The summed E-state index contributed by atoms with van der Waals surface area (Å²) < 4.78 is 48.5. The van der Waals surface area contributed by atoms with Crippen molar-refractivity contribution in [3.63, 3.8) is 0 Å². The number of alkyl halides is 3. The van der Waals surface area contributed by atoms with Crippen LogP contribution in [0.4, 0.5) is 13.2 Å². The van der Waals surface area contributed by atoms with Gasteiger partial charge in [-0.05, 0) is 42.5 Å². The van der Waals surface area contributed by atoms with Crippen LogP contribution in [0.2, 0.25) is 10.0 Å². The molecule has 0 unspecified atom stereocenters. The van der Waals surface area contributed by atoms with E-state index < -0.39 is 22.7 Å². The van der Waals surface area contributed by atoms with E-state index in [0.29, 0.717) is 11.4 Å². The molecule has 4 aromatic rings. The number of hydrogen-bond acceptors (Lipinski definition) is 4. The van der Waals surface area contributed by atoms with Gasteiger partial charge in [-0.25, -0.2) is 4.98 Å². The number of hydrogen-bond donors (Lipinski definition) is 1. The maximum absolute atomic E-state index is 14.0. The average Bonchev–Trinajstić information content (AvgIpc) is 2.74. The molecule has 0 saturated carbocycles. The fraction of sp³-hybridized carbons (Fsp3) is 0.0952. The number of fused-ring (bicyclic) bond motifs is 1. The van der Waals surface area contributed by atoms with Gasteiger partial charge >= 0.3 is 6.18 Å². The SMILES string of the molecule is COc1ccccc1-n1c(=S)[nH]c(=O)c2c(C(F)(F)F)cc(-c3ccc(Cl)c(Cl)c3)nc21. The summed E-state index contributed by atoms with van der Waals surface area (Å²) in [5, 5.41) is -0.270. The van der Waals surface area contributed by atoms with Gasteiger partial charge in [-0.3, -0.25) is 14.3 Å². The van der Waals surface area contributed by atoms with Gasteiger partial charge in [0.2, 0.25) is 0 Å². The Morgan fingerprint density at radius 3 is 2.47 bits per heavy atom. The number of para-hydroxylation sites is 2. The Kier molecular flexibility index (Phi) is 5.74.